The Kier molecular flexibility index (Phi) is 2.02. The third kappa shape index (κ3) is 1.27. The van der Waals surface area contributed by atoms with Crippen LogP contribution in [0.5, 0.6) is 0 Å². The van der Waals surface area contributed by atoms with E-state index in [4.69, 9.17) is 0 Å². The Bertz CT molecular complexity index is 459. The average Bonchev–Trinajstić information content (AvgIpc) is 2.70. The van der Waals surface area contributed by atoms with E-state index < -0.39 is 0 Å². The van der Waals surface area contributed by atoms with Crippen molar-refractivity contribution in [3.63, 3.8) is 0 Å². The van der Waals surface area contributed by atoms with Crippen molar-refractivity contribution in [1.29, 1.82) is 0 Å². The van der Waals surface area contributed by atoms with Gasteiger partial charge >= 0.3 is 0 Å². The largest absolute Gasteiger partial charge is 0.203 e. The van der Waals surface area contributed by atoms with Crippen molar-refractivity contribution in [2.45, 2.75) is 6.42 Å². The van der Waals surface area contributed by atoms with Crippen molar-refractivity contribution in [1.82, 2.24) is 0 Å². The second-order valence-electron chi connectivity index (χ2n) is 3.35. The van der Waals surface area contributed by atoms with Crippen molar-refractivity contribution in [2.24, 2.45) is 9.63 Å². The van der Waals surface area contributed by atoms with Crippen molar-refractivity contribution >= 4 is 35.2 Å². The molecule has 2 aliphatic heterocycles. The second-order valence-corrected chi connectivity index (χ2v) is 5.16. The van der Waals surface area contributed by atoms with Crippen molar-refractivity contribution < 1.29 is 0 Å². The molecule has 3 aliphatic rings. The quantitative estimate of drug-likeness (QED) is 0.487. The fraction of sp³-hybridized carbons (Fsp3) is 0.111. The molecule has 5 heteroatoms. The lowest BCUT2D eigenvalue weighted by Crippen LogP contribution is -1.97. The average molecular weight is 265 g/mol. The molecule has 0 unspecified atom stereocenters. The molecule has 3 rings (SSSR count). The zero-order chi connectivity index (χ0) is 9.54. The van der Waals surface area contributed by atoms with Crippen LogP contribution in [0.1, 0.15) is 6.42 Å². The molecule has 0 amide bonds. The van der Waals surface area contributed by atoms with Crippen molar-refractivity contribution in [3.05, 3.63) is 44.3 Å². The predicted molar refractivity (Wildman–Crippen MR) is 64.4 cm³/mol. The Morgan fingerprint density at radius 2 is 2.43 bits per heavy atom. The molecule has 0 aromatic heterocycles. The van der Waals surface area contributed by atoms with Gasteiger partial charge in [0.2, 0.25) is 7.28 Å². The normalized spacial score (nSPS) is 23.4. The highest BCUT2D eigenvalue weighted by molar-refractivity contribution is 9.12. The summed E-state index contributed by atoms with van der Waals surface area (Å²) in [6, 6.07) is 0. The number of halogens is 1. The molecule has 68 valence electrons. The van der Waals surface area contributed by atoms with E-state index >= 15 is 0 Å². The van der Waals surface area contributed by atoms with E-state index in [0.717, 1.165) is 19.4 Å². The maximum absolute atomic E-state index is 4.19. The molecule has 2 nitrogen and oxygen atoms in total. The fourth-order valence-electron chi connectivity index (χ4n) is 1.85. The summed E-state index contributed by atoms with van der Waals surface area (Å²) in [6.45, 7) is 0. The van der Waals surface area contributed by atoms with Crippen molar-refractivity contribution in [3.8, 4) is 0 Å². The van der Waals surface area contributed by atoms with Gasteiger partial charge in [-0.15, -0.1) is 9.63 Å². The maximum Gasteiger partial charge on any atom is 0.203 e. The summed E-state index contributed by atoms with van der Waals surface area (Å²) in [7, 11) is 0.994. The summed E-state index contributed by atoms with van der Waals surface area (Å²) in [5.41, 5.74) is 3.78. The van der Waals surface area contributed by atoms with Crippen LogP contribution in [-0.2, 0) is 0 Å². The van der Waals surface area contributed by atoms with Crippen LogP contribution in [0.15, 0.2) is 53.9 Å². The Morgan fingerprint density at radius 3 is 3.36 bits per heavy atom. The zero-order valence-electron chi connectivity index (χ0n) is 7.33. The highest BCUT2D eigenvalue weighted by atomic mass is 79.9. The molecule has 0 saturated heterocycles. The fourth-order valence-corrected chi connectivity index (χ4v) is 3.22. The molecule has 0 atom stereocenters. The SMILES string of the molecule is BrC1=CC2=C(B1)C1=C(C=CC1)N=NS2. The van der Waals surface area contributed by atoms with Gasteiger partial charge in [-0.05, 0) is 28.5 Å². The Morgan fingerprint density at radius 1 is 1.50 bits per heavy atom. The summed E-state index contributed by atoms with van der Waals surface area (Å²) >= 11 is 5.01. The molecular weight excluding hydrogens is 259 g/mol. The van der Waals surface area contributed by atoms with Crippen LogP contribution < -0.4 is 0 Å². The summed E-state index contributed by atoms with van der Waals surface area (Å²) in [4.78, 5) is 1.24. The van der Waals surface area contributed by atoms with Crippen molar-refractivity contribution in [2.75, 3.05) is 0 Å². The Hall–Kier alpha value is -0.545. The smallest absolute Gasteiger partial charge is 0.143 e. The van der Waals surface area contributed by atoms with Gasteiger partial charge in [0.25, 0.3) is 0 Å². The van der Waals surface area contributed by atoms with Crippen LogP contribution in [-0.4, -0.2) is 7.28 Å². The Labute approximate surface area is 95.4 Å². The third-order valence-corrected chi connectivity index (χ3v) is 3.72. The minimum atomic E-state index is 0.994. The Balaban J connectivity index is 2.10. The van der Waals surface area contributed by atoms with Crippen LogP contribution in [0.2, 0.25) is 0 Å². The molecule has 0 saturated carbocycles. The van der Waals surface area contributed by atoms with E-state index in [1.165, 1.54) is 32.3 Å². The van der Waals surface area contributed by atoms with E-state index in [2.05, 4.69) is 43.8 Å². The molecule has 14 heavy (non-hydrogen) atoms. The van der Waals surface area contributed by atoms with Crippen LogP contribution in [0.3, 0.4) is 0 Å². The van der Waals surface area contributed by atoms with E-state index in [0.29, 0.717) is 0 Å². The summed E-state index contributed by atoms with van der Waals surface area (Å²) < 4.78 is 5.34. The number of allylic oxidation sites excluding steroid dienone is 5. The minimum absolute atomic E-state index is 0.994. The molecule has 0 aromatic rings. The van der Waals surface area contributed by atoms with Crippen LogP contribution in [0, 0.1) is 0 Å². The van der Waals surface area contributed by atoms with Gasteiger partial charge in [-0.3, -0.25) is 0 Å². The minimum Gasteiger partial charge on any atom is -0.143 e. The van der Waals surface area contributed by atoms with Gasteiger partial charge in [-0.2, -0.15) is 0 Å². The van der Waals surface area contributed by atoms with Gasteiger partial charge in [-0.25, -0.2) is 0 Å². The summed E-state index contributed by atoms with van der Waals surface area (Å²) in [5.74, 6) is 0. The second kappa shape index (κ2) is 3.24. The molecule has 0 bridgehead atoms. The summed E-state index contributed by atoms with van der Waals surface area (Å²) in [5, 5.41) is 4.19. The van der Waals surface area contributed by atoms with Gasteiger partial charge in [0, 0.05) is 16.9 Å². The lowest BCUT2D eigenvalue weighted by molar-refractivity contribution is 1.21. The van der Waals surface area contributed by atoms with Gasteiger partial charge in [-0.1, -0.05) is 27.5 Å². The number of fused-ring (bicyclic) bond motifs is 1. The van der Waals surface area contributed by atoms with Gasteiger partial charge < -0.3 is 0 Å². The monoisotopic (exact) mass is 264 g/mol. The first-order valence-electron chi connectivity index (χ1n) is 4.42. The van der Waals surface area contributed by atoms with E-state index in [1.807, 2.05) is 0 Å². The lowest BCUT2D eigenvalue weighted by atomic mass is 9.69. The van der Waals surface area contributed by atoms with E-state index in [9.17, 15) is 0 Å². The highest BCUT2D eigenvalue weighted by Gasteiger charge is 2.24. The predicted octanol–water partition coefficient (Wildman–Crippen LogP) is 3.21. The molecular formula is C9H6BBrN2S. The lowest BCUT2D eigenvalue weighted by Gasteiger charge is -2.04. The number of hydrogen-bond acceptors (Lipinski definition) is 3. The number of rotatable bonds is 0. The van der Waals surface area contributed by atoms with Gasteiger partial charge in [0.1, 0.15) is 0 Å². The molecule has 0 aromatic carbocycles. The molecule has 1 aliphatic carbocycles. The van der Waals surface area contributed by atoms with E-state index in [-0.39, 0.29) is 0 Å². The molecule has 2 heterocycles. The van der Waals surface area contributed by atoms with Crippen LogP contribution in [0.4, 0.5) is 0 Å². The summed E-state index contributed by atoms with van der Waals surface area (Å²) in [6.07, 6.45) is 7.35. The number of hydrogen-bond donors (Lipinski definition) is 0. The number of nitrogens with zero attached hydrogens (tertiary/aromatic N) is 2. The first kappa shape index (κ1) is 8.74. The first-order chi connectivity index (χ1) is 6.84. The van der Waals surface area contributed by atoms with Gasteiger partial charge in [0.05, 0.1) is 5.70 Å². The van der Waals surface area contributed by atoms with Crippen LogP contribution >= 0.6 is 27.9 Å². The molecule has 0 N–H and O–H groups in total. The van der Waals surface area contributed by atoms with Gasteiger partial charge in [0.15, 0.2) is 0 Å². The molecule has 0 radical (unpaired) electrons. The van der Waals surface area contributed by atoms with E-state index in [1.54, 1.807) is 0 Å². The standard InChI is InChI=1S/C9H6BBrN2S/c11-8-4-7-9(10-8)5-2-1-3-6(5)12-13-14-7/h1,3-4,10H,2H2. The maximum atomic E-state index is 4.19. The highest BCUT2D eigenvalue weighted by Crippen LogP contribution is 2.41. The first-order valence-corrected chi connectivity index (χ1v) is 5.98. The molecule has 0 fully saturated rings. The topological polar surface area (TPSA) is 24.7 Å². The third-order valence-electron chi connectivity index (χ3n) is 2.49. The van der Waals surface area contributed by atoms with Crippen LogP contribution in [0.25, 0.3) is 0 Å². The zero-order valence-corrected chi connectivity index (χ0v) is 9.73. The molecule has 0 spiro atoms.